The predicted molar refractivity (Wildman–Crippen MR) is 90.9 cm³/mol. The Bertz CT molecular complexity index is 940. The molecule has 2 heterocycles. The van der Waals surface area contributed by atoms with Crippen molar-refractivity contribution < 1.29 is 23.0 Å². The number of pyridine rings is 1. The molecule has 0 saturated heterocycles. The zero-order chi connectivity index (χ0) is 19.3. The molecule has 0 bridgehead atoms. The summed E-state index contributed by atoms with van der Waals surface area (Å²) in [4.78, 5) is 12.5. The highest BCUT2D eigenvalue weighted by Gasteiger charge is 2.34. The van der Waals surface area contributed by atoms with Crippen LogP contribution in [0.3, 0.4) is 0 Å². The second-order valence-corrected chi connectivity index (χ2v) is 6.79. The lowest BCUT2D eigenvalue weighted by molar-refractivity contribution is -0.137. The Hall–Kier alpha value is -2.54. The Morgan fingerprint density at radius 3 is 2.46 bits per heavy atom. The SMILES string of the molecule is CC(O)c1ccn(C2=CC(C)(C)Oc3ccc(C(F)(F)F)cc32)c(=O)c1. The van der Waals surface area contributed by atoms with E-state index in [-0.39, 0.29) is 11.3 Å². The number of halogens is 3. The number of nitrogens with zero attached hydrogens (tertiary/aromatic N) is 1. The van der Waals surface area contributed by atoms with E-state index in [1.165, 1.54) is 29.8 Å². The van der Waals surface area contributed by atoms with Crippen LogP contribution in [-0.4, -0.2) is 15.3 Å². The third kappa shape index (κ3) is 3.39. The molecule has 0 aliphatic carbocycles. The number of hydrogen-bond acceptors (Lipinski definition) is 3. The average molecular weight is 365 g/mol. The summed E-state index contributed by atoms with van der Waals surface area (Å²) in [5, 5.41) is 9.61. The van der Waals surface area contributed by atoms with E-state index in [2.05, 4.69) is 0 Å². The number of aliphatic hydroxyl groups is 1. The van der Waals surface area contributed by atoms with Crippen LogP contribution in [0.5, 0.6) is 5.75 Å². The zero-order valence-corrected chi connectivity index (χ0v) is 14.5. The van der Waals surface area contributed by atoms with Gasteiger partial charge in [-0.2, -0.15) is 13.2 Å². The van der Waals surface area contributed by atoms with Gasteiger partial charge in [-0.1, -0.05) is 0 Å². The first-order chi connectivity index (χ1) is 12.0. The van der Waals surface area contributed by atoms with Gasteiger partial charge in [0.15, 0.2) is 0 Å². The number of fused-ring (bicyclic) bond motifs is 1. The summed E-state index contributed by atoms with van der Waals surface area (Å²) in [6.45, 7) is 5.03. The molecule has 1 aromatic heterocycles. The maximum absolute atomic E-state index is 13.1. The van der Waals surface area contributed by atoms with Crippen LogP contribution in [0.4, 0.5) is 13.2 Å². The highest BCUT2D eigenvalue weighted by molar-refractivity contribution is 5.74. The molecule has 0 saturated carbocycles. The molecule has 7 heteroatoms. The third-order valence-corrected chi connectivity index (χ3v) is 4.13. The van der Waals surface area contributed by atoms with E-state index in [1.54, 1.807) is 26.0 Å². The number of ether oxygens (including phenoxy) is 1. The monoisotopic (exact) mass is 365 g/mol. The van der Waals surface area contributed by atoms with Gasteiger partial charge in [-0.3, -0.25) is 9.36 Å². The highest BCUT2D eigenvalue weighted by atomic mass is 19.4. The molecule has 1 aliphatic heterocycles. The minimum Gasteiger partial charge on any atom is -0.483 e. The average Bonchev–Trinajstić information content (AvgIpc) is 2.51. The van der Waals surface area contributed by atoms with Crippen LogP contribution < -0.4 is 10.3 Å². The molecule has 3 rings (SSSR count). The minimum absolute atomic E-state index is 0.186. The quantitative estimate of drug-likeness (QED) is 0.876. The van der Waals surface area contributed by atoms with Gasteiger partial charge in [-0.15, -0.1) is 0 Å². The van der Waals surface area contributed by atoms with Crippen molar-refractivity contribution in [2.24, 2.45) is 0 Å². The largest absolute Gasteiger partial charge is 0.483 e. The van der Waals surface area contributed by atoms with Crippen molar-refractivity contribution in [1.82, 2.24) is 4.57 Å². The van der Waals surface area contributed by atoms with E-state index in [9.17, 15) is 23.1 Å². The number of aliphatic hydroxyl groups excluding tert-OH is 1. The van der Waals surface area contributed by atoms with Crippen LogP contribution in [0.25, 0.3) is 5.70 Å². The van der Waals surface area contributed by atoms with Gasteiger partial charge >= 0.3 is 6.18 Å². The third-order valence-electron chi connectivity index (χ3n) is 4.13. The summed E-state index contributed by atoms with van der Waals surface area (Å²) >= 11 is 0. The van der Waals surface area contributed by atoms with Crippen LogP contribution in [0.15, 0.2) is 47.4 Å². The molecule has 0 fully saturated rings. The summed E-state index contributed by atoms with van der Waals surface area (Å²) in [5.41, 5.74) is -1.14. The Morgan fingerprint density at radius 2 is 1.88 bits per heavy atom. The van der Waals surface area contributed by atoms with Crippen molar-refractivity contribution in [3.8, 4) is 5.75 Å². The first-order valence-corrected chi connectivity index (χ1v) is 8.02. The fourth-order valence-electron chi connectivity index (χ4n) is 2.87. The van der Waals surface area contributed by atoms with Gasteiger partial charge in [0.1, 0.15) is 11.4 Å². The summed E-state index contributed by atoms with van der Waals surface area (Å²) in [6.07, 6.45) is -2.27. The molecular formula is C19H18F3NO3. The molecule has 1 aromatic carbocycles. The van der Waals surface area contributed by atoms with Gasteiger partial charge in [0.05, 0.1) is 17.4 Å². The Balaban J connectivity index is 2.21. The fourth-order valence-corrected chi connectivity index (χ4v) is 2.87. The first-order valence-electron chi connectivity index (χ1n) is 8.02. The van der Waals surface area contributed by atoms with Gasteiger partial charge in [0.25, 0.3) is 5.56 Å². The van der Waals surface area contributed by atoms with Crippen LogP contribution in [-0.2, 0) is 6.18 Å². The lowest BCUT2D eigenvalue weighted by Crippen LogP contribution is -2.32. The van der Waals surface area contributed by atoms with Crippen molar-refractivity contribution in [1.29, 1.82) is 0 Å². The van der Waals surface area contributed by atoms with Gasteiger partial charge in [0.2, 0.25) is 0 Å². The molecule has 1 N–H and O–H groups in total. The fraction of sp³-hybridized carbons (Fsp3) is 0.316. The molecule has 26 heavy (non-hydrogen) atoms. The van der Waals surface area contributed by atoms with Crippen LogP contribution in [0.1, 0.15) is 43.6 Å². The topological polar surface area (TPSA) is 51.5 Å². The van der Waals surface area contributed by atoms with E-state index in [0.717, 1.165) is 12.1 Å². The molecule has 138 valence electrons. The minimum atomic E-state index is -4.51. The molecule has 1 atom stereocenters. The molecule has 2 aromatic rings. The molecule has 0 spiro atoms. The number of benzene rings is 1. The van der Waals surface area contributed by atoms with Gasteiger partial charge in [-0.25, -0.2) is 0 Å². The summed E-state index contributed by atoms with van der Waals surface area (Å²) in [5.74, 6) is 0.270. The number of aromatic nitrogens is 1. The summed E-state index contributed by atoms with van der Waals surface area (Å²) in [7, 11) is 0. The second kappa shape index (κ2) is 6.02. The second-order valence-electron chi connectivity index (χ2n) is 6.79. The smallest absolute Gasteiger partial charge is 0.416 e. The molecule has 1 unspecified atom stereocenters. The first kappa shape index (κ1) is 18.3. The van der Waals surface area contributed by atoms with Gasteiger partial charge in [0, 0.05) is 17.8 Å². The van der Waals surface area contributed by atoms with Crippen molar-refractivity contribution >= 4 is 5.70 Å². The number of rotatable bonds is 2. The van der Waals surface area contributed by atoms with E-state index >= 15 is 0 Å². The molecule has 0 amide bonds. The molecular weight excluding hydrogens is 347 g/mol. The van der Waals surface area contributed by atoms with E-state index in [0.29, 0.717) is 11.3 Å². The van der Waals surface area contributed by atoms with Crippen molar-refractivity contribution in [2.45, 2.75) is 38.7 Å². The van der Waals surface area contributed by atoms with Crippen molar-refractivity contribution in [3.63, 3.8) is 0 Å². The molecule has 0 radical (unpaired) electrons. The number of alkyl halides is 3. The molecule has 1 aliphatic rings. The Kier molecular flexibility index (Phi) is 4.23. The van der Waals surface area contributed by atoms with Crippen LogP contribution >= 0.6 is 0 Å². The van der Waals surface area contributed by atoms with E-state index in [4.69, 9.17) is 4.74 Å². The maximum Gasteiger partial charge on any atom is 0.416 e. The highest BCUT2D eigenvalue weighted by Crippen LogP contribution is 2.40. The standard InChI is InChI=1S/C19H18F3NO3/c1-11(24)12-6-7-23(17(25)8-12)15-10-18(2,3)26-16-5-4-13(9-14(15)16)19(20,21)22/h4-11,24H,1-3H3. The van der Waals surface area contributed by atoms with Gasteiger partial charge in [-0.05, 0) is 56.7 Å². The summed E-state index contributed by atoms with van der Waals surface area (Å²) in [6, 6.07) is 6.02. The normalized spacial score (nSPS) is 17.1. The maximum atomic E-state index is 13.1. The van der Waals surface area contributed by atoms with Gasteiger partial charge < -0.3 is 9.84 Å². The van der Waals surface area contributed by atoms with E-state index < -0.39 is 29.0 Å². The zero-order valence-electron chi connectivity index (χ0n) is 14.5. The lowest BCUT2D eigenvalue weighted by atomic mass is 9.97. The van der Waals surface area contributed by atoms with E-state index in [1.807, 2.05) is 0 Å². The predicted octanol–water partition coefficient (Wildman–Crippen LogP) is 3.98. The molecule has 4 nitrogen and oxygen atoms in total. The van der Waals surface area contributed by atoms with Crippen LogP contribution in [0.2, 0.25) is 0 Å². The van der Waals surface area contributed by atoms with Crippen molar-refractivity contribution in [2.75, 3.05) is 0 Å². The van der Waals surface area contributed by atoms with Crippen LogP contribution in [0, 0.1) is 0 Å². The van der Waals surface area contributed by atoms with Crippen molar-refractivity contribution in [3.05, 3.63) is 69.6 Å². The Labute approximate surface area is 148 Å². The lowest BCUT2D eigenvalue weighted by Gasteiger charge is -2.32. The number of hydrogen-bond donors (Lipinski definition) is 1. The Morgan fingerprint density at radius 1 is 1.19 bits per heavy atom. The summed E-state index contributed by atoms with van der Waals surface area (Å²) < 4.78 is 46.3.